The Morgan fingerprint density at radius 3 is 2.42 bits per heavy atom. The predicted molar refractivity (Wildman–Crippen MR) is 81.8 cm³/mol. The minimum absolute atomic E-state index is 0.309. The number of rotatable bonds is 4. The van der Waals surface area contributed by atoms with Gasteiger partial charge in [0.2, 0.25) is 0 Å². The number of nitrogens with two attached hydrogens (primary N) is 1. The zero-order chi connectivity index (χ0) is 13.7. The Kier molecular flexibility index (Phi) is 5.41. The van der Waals surface area contributed by atoms with E-state index in [1.165, 1.54) is 61.6 Å². The van der Waals surface area contributed by atoms with Gasteiger partial charge in [0.1, 0.15) is 0 Å². The Labute approximate surface area is 117 Å². The van der Waals surface area contributed by atoms with Gasteiger partial charge in [-0.25, -0.2) is 0 Å². The highest BCUT2D eigenvalue weighted by Crippen LogP contribution is 2.31. The molecule has 0 bridgehead atoms. The van der Waals surface area contributed by atoms with Gasteiger partial charge in [0.05, 0.1) is 0 Å². The molecule has 2 nitrogen and oxygen atoms in total. The summed E-state index contributed by atoms with van der Waals surface area (Å²) < 4.78 is 0. The maximum absolute atomic E-state index is 5.82. The molecule has 0 saturated heterocycles. The van der Waals surface area contributed by atoms with E-state index in [9.17, 15) is 0 Å². The van der Waals surface area contributed by atoms with Gasteiger partial charge in [0.25, 0.3) is 0 Å². The van der Waals surface area contributed by atoms with E-state index in [4.69, 9.17) is 5.84 Å². The predicted octanol–water partition coefficient (Wildman–Crippen LogP) is 4.17. The van der Waals surface area contributed by atoms with Crippen LogP contribution in [0.15, 0.2) is 18.2 Å². The summed E-state index contributed by atoms with van der Waals surface area (Å²) in [6.07, 6.45) is 9.57. The van der Waals surface area contributed by atoms with Crippen molar-refractivity contribution in [3.05, 3.63) is 34.9 Å². The van der Waals surface area contributed by atoms with Gasteiger partial charge < -0.3 is 0 Å². The highest BCUT2D eigenvalue weighted by molar-refractivity contribution is 5.32. The number of benzene rings is 1. The van der Waals surface area contributed by atoms with Crippen molar-refractivity contribution >= 4 is 0 Å². The minimum atomic E-state index is 0.309. The normalized spacial score (nSPS) is 19.1. The van der Waals surface area contributed by atoms with Crippen molar-refractivity contribution in [2.45, 2.75) is 64.8 Å². The van der Waals surface area contributed by atoms with Gasteiger partial charge >= 0.3 is 0 Å². The standard InChI is InChI=1S/C17H28N2/c1-13-9-10-16(14(2)11-13)17(19-18)12-15-7-5-3-4-6-8-15/h9-11,15,17,19H,3-8,12,18H2,1-2H3. The van der Waals surface area contributed by atoms with E-state index in [2.05, 4.69) is 37.5 Å². The van der Waals surface area contributed by atoms with E-state index < -0.39 is 0 Å². The van der Waals surface area contributed by atoms with Gasteiger partial charge in [-0.05, 0) is 37.3 Å². The minimum Gasteiger partial charge on any atom is -0.271 e. The van der Waals surface area contributed by atoms with Crippen LogP contribution in [0.5, 0.6) is 0 Å². The molecule has 1 aromatic carbocycles. The average Bonchev–Trinajstić information content (AvgIpc) is 2.65. The lowest BCUT2D eigenvalue weighted by Crippen LogP contribution is -2.30. The highest BCUT2D eigenvalue weighted by Gasteiger charge is 2.19. The van der Waals surface area contributed by atoms with E-state index in [0.29, 0.717) is 6.04 Å². The first-order chi connectivity index (χ1) is 9.20. The first kappa shape index (κ1) is 14.5. The summed E-state index contributed by atoms with van der Waals surface area (Å²) in [5.41, 5.74) is 7.10. The quantitative estimate of drug-likeness (QED) is 0.484. The summed E-state index contributed by atoms with van der Waals surface area (Å²) in [5.74, 6) is 6.66. The Morgan fingerprint density at radius 1 is 1.16 bits per heavy atom. The smallest absolute Gasteiger partial charge is 0.0465 e. The second-order valence-electron chi connectivity index (χ2n) is 6.17. The van der Waals surface area contributed by atoms with Crippen molar-refractivity contribution in [1.29, 1.82) is 0 Å². The zero-order valence-electron chi connectivity index (χ0n) is 12.4. The van der Waals surface area contributed by atoms with Crippen LogP contribution in [0.4, 0.5) is 0 Å². The Hall–Kier alpha value is -0.860. The molecule has 0 spiro atoms. The van der Waals surface area contributed by atoms with Crippen molar-refractivity contribution in [3.63, 3.8) is 0 Å². The molecule has 0 aliphatic heterocycles. The average molecular weight is 260 g/mol. The largest absolute Gasteiger partial charge is 0.271 e. The first-order valence-corrected chi connectivity index (χ1v) is 7.74. The summed E-state index contributed by atoms with van der Waals surface area (Å²) in [7, 11) is 0. The molecule has 0 radical (unpaired) electrons. The van der Waals surface area contributed by atoms with E-state index in [-0.39, 0.29) is 0 Å². The zero-order valence-corrected chi connectivity index (χ0v) is 12.4. The molecular formula is C17H28N2. The van der Waals surface area contributed by atoms with E-state index in [1.54, 1.807) is 0 Å². The molecule has 1 unspecified atom stereocenters. The number of hydrogen-bond donors (Lipinski definition) is 2. The monoisotopic (exact) mass is 260 g/mol. The number of aryl methyl sites for hydroxylation is 2. The number of hydrogen-bond acceptors (Lipinski definition) is 2. The van der Waals surface area contributed by atoms with Crippen molar-refractivity contribution in [1.82, 2.24) is 5.43 Å². The summed E-state index contributed by atoms with van der Waals surface area (Å²) in [6.45, 7) is 4.34. The summed E-state index contributed by atoms with van der Waals surface area (Å²) in [4.78, 5) is 0. The summed E-state index contributed by atoms with van der Waals surface area (Å²) in [5, 5.41) is 0. The topological polar surface area (TPSA) is 38.0 Å². The molecule has 1 saturated carbocycles. The van der Waals surface area contributed by atoms with Crippen LogP contribution in [0.1, 0.15) is 67.7 Å². The van der Waals surface area contributed by atoms with Crippen LogP contribution in [0, 0.1) is 19.8 Å². The van der Waals surface area contributed by atoms with Crippen LogP contribution in [-0.2, 0) is 0 Å². The van der Waals surface area contributed by atoms with Crippen LogP contribution in [0.2, 0.25) is 0 Å². The molecule has 0 amide bonds. The van der Waals surface area contributed by atoms with Crippen LogP contribution in [0.3, 0.4) is 0 Å². The summed E-state index contributed by atoms with van der Waals surface area (Å²) >= 11 is 0. The van der Waals surface area contributed by atoms with E-state index >= 15 is 0 Å². The molecule has 1 aliphatic carbocycles. The molecule has 1 aromatic rings. The van der Waals surface area contributed by atoms with Crippen molar-refractivity contribution in [2.75, 3.05) is 0 Å². The third kappa shape index (κ3) is 4.05. The lowest BCUT2D eigenvalue weighted by molar-refractivity contribution is 0.358. The molecular weight excluding hydrogens is 232 g/mol. The third-order valence-electron chi connectivity index (χ3n) is 4.55. The van der Waals surface area contributed by atoms with Crippen LogP contribution in [0.25, 0.3) is 0 Å². The lowest BCUT2D eigenvalue weighted by atomic mass is 9.88. The van der Waals surface area contributed by atoms with Gasteiger partial charge in [-0.3, -0.25) is 11.3 Å². The molecule has 2 rings (SSSR count). The van der Waals surface area contributed by atoms with E-state index in [1.807, 2.05) is 0 Å². The fraction of sp³-hybridized carbons (Fsp3) is 0.647. The molecule has 1 atom stereocenters. The van der Waals surface area contributed by atoms with Crippen LogP contribution in [-0.4, -0.2) is 0 Å². The maximum Gasteiger partial charge on any atom is 0.0465 e. The Morgan fingerprint density at radius 2 is 1.84 bits per heavy atom. The van der Waals surface area contributed by atoms with Gasteiger partial charge in [-0.1, -0.05) is 62.3 Å². The van der Waals surface area contributed by atoms with Crippen molar-refractivity contribution < 1.29 is 0 Å². The molecule has 0 aromatic heterocycles. The van der Waals surface area contributed by atoms with Gasteiger partial charge in [0.15, 0.2) is 0 Å². The molecule has 3 N–H and O–H groups in total. The number of nitrogens with one attached hydrogen (secondary N) is 1. The molecule has 1 fully saturated rings. The molecule has 19 heavy (non-hydrogen) atoms. The van der Waals surface area contributed by atoms with Crippen molar-refractivity contribution in [2.24, 2.45) is 11.8 Å². The van der Waals surface area contributed by atoms with Crippen LogP contribution < -0.4 is 11.3 Å². The summed E-state index contributed by atoms with van der Waals surface area (Å²) in [6, 6.07) is 7.00. The Balaban J connectivity index is 2.06. The highest BCUT2D eigenvalue weighted by atomic mass is 15.2. The second-order valence-corrected chi connectivity index (χ2v) is 6.17. The van der Waals surface area contributed by atoms with Gasteiger partial charge in [-0.15, -0.1) is 0 Å². The molecule has 0 heterocycles. The van der Waals surface area contributed by atoms with Crippen molar-refractivity contribution in [3.8, 4) is 0 Å². The fourth-order valence-electron chi connectivity index (χ4n) is 3.43. The van der Waals surface area contributed by atoms with Gasteiger partial charge in [0, 0.05) is 6.04 Å². The molecule has 106 valence electrons. The van der Waals surface area contributed by atoms with Gasteiger partial charge in [-0.2, -0.15) is 0 Å². The van der Waals surface area contributed by atoms with Crippen LogP contribution >= 0.6 is 0 Å². The maximum atomic E-state index is 5.82. The lowest BCUT2D eigenvalue weighted by Gasteiger charge is -2.24. The molecule has 2 heteroatoms. The Bertz CT molecular complexity index is 392. The number of hydrazine groups is 1. The first-order valence-electron chi connectivity index (χ1n) is 7.74. The third-order valence-corrected chi connectivity index (χ3v) is 4.55. The fourth-order valence-corrected chi connectivity index (χ4v) is 3.43. The SMILES string of the molecule is Cc1ccc(C(CC2CCCCCC2)NN)c(C)c1. The molecule has 1 aliphatic rings. The second kappa shape index (κ2) is 7.06. The van der Waals surface area contributed by atoms with E-state index in [0.717, 1.165) is 5.92 Å².